The van der Waals surface area contributed by atoms with Crippen LogP contribution >= 0.6 is 34.8 Å². The highest BCUT2D eigenvalue weighted by atomic mass is 35.5. The first-order chi connectivity index (χ1) is 8.58. The molecule has 0 aromatic heterocycles. The fourth-order valence-electron chi connectivity index (χ4n) is 1.81. The summed E-state index contributed by atoms with van der Waals surface area (Å²) < 4.78 is 0. The van der Waals surface area contributed by atoms with E-state index in [9.17, 15) is 0 Å². The lowest BCUT2D eigenvalue weighted by Crippen LogP contribution is -2.14. The molecule has 94 valence electrons. The van der Waals surface area contributed by atoms with Crippen molar-refractivity contribution in [2.45, 2.75) is 12.5 Å². The van der Waals surface area contributed by atoms with Crippen LogP contribution in [0.15, 0.2) is 42.5 Å². The van der Waals surface area contributed by atoms with E-state index in [-0.39, 0.29) is 6.04 Å². The molecule has 4 heteroatoms. The fourth-order valence-corrected chi connectivity index (χ4v) is 2.57. The van der Waals surface area contributed by atoms with Crippen molar-refractivity contribution in [3.05, 3.63) is 68.7 Å². The Morgan fingerprint density at radius 2 is 1.67 bits per heavy atom. The van der Waals surface area contributed by atoms with Gasteiger partial charge in [0.05, 0.1) is 0 Å². The van der Waals surface area contributed by atoms with E-state index >= 15 is 0 Å². The van der Waals surface area contributed by atoms with Gasteiger partial charge in [-0.3, -0.25) is 0 Å². The first-order valence-electron chi connectivity index (χ1n) is 5.52. The molecule has 0 aliphatic heterocycles. The SMILES string of the molecule is NC(Cc1ccc(Cl)cc1Cl)c1ccccc1Cl. The molecule has 0 heterocycles. The molecule has 0 aliphatic carbocycles. The van der Waals surface area contributed by atoms with Crippen LogP contribution in [-0.2, 0) is 6.42 Å². The Hall–Kier alpha value is -0.730. The zero-order valence-corrected chi connectivity index (χ0v) is 11.8. The topological polar surface area (TPSA) is 26.0 Å². The lowest BCUT2D eigenvalue weighted by molar-refractivity contribution is 0.722. The average molecular weight is 301 g/mol. The fraction of sp³-hybridized carbons (Fsp3) is 0.143. The molecule has 1 atom stereocenters. The molecule has 0 spiro atoms. The van der Waals surface area contributed by atoms with Crippen LogP contribution in [-0.4, -0.2) is 0 Å². The van der Waals surface area contributed by atoms with Crippen molar-refractivity contribution in [3.63, 3.8) is 0 Å². The number of hydrogen-bond acceptors (Lipinski definition) is 1. The molecule has 2 rings (SSSR count). The molecule has 0 aliphatic rings. The van der Waals surface area contributed by atoms with E-state index in [0.717, 1.165) is 11.1 Å². The molecule has 1 nitrogen and oxygen atoms in total. The van der Waals surface area contributed by atoms with Gasteiger partial charge in [-0.25, -0.2) is 0 Å². The van der Waals surface area contributed by atoms with E-state index in [2.05, 4.69) is 0 Å². The van der Waals surface area contributed by atoms with E-state index in [1.807, 2.05) is 36.4 Å². The van der Waals surface area contributed by atoms with E-state index < -0.39 is 0 Å². The van der Waals surface area contributed by atoms with E-state index in [1.165, 1.54) is 0 Å². The molecule has 0 radical (unpaired) electrons. The Morgan fingerprint density at radius 3 is 2.33 bits per heavy atom. The summed E-state index contributed by atoms with van der Waals surface area (Å²) in [7, 11) is 0. The summed E-state index contributed by atoms with van der Waals surface area (Å²) >= 11 is 18.1. The summed E-state index contributed by atoms with van der Waals surface area (Å²) in [6.45, 7) is 0. The molecule has 2 aromatic rings. The monoisotopic (exact) mass is 299 g/mol. The molecule has 0 fully saturated rings. The minimum absolute atomic E-state index is 0.183. The van der Waals surface area contributed by atoms with E-state index in [0.29, 0.717) is 21.5 Å². The van der Waals surface area contributed by atoms with E-state index in [4.69, 9.17) is 40.5 Å². The highest BCUT2D eigenvalue weighted by molar-refractivity contribution is 6.35. The number of nitrogens with two attached hydrogens (primary N) is 1. The van der Waals surface area contributed by atoms with Crippen LogP contribution < -0.4 is 5.73 Å². The second-order valence-corrected chi connectivity index (χ2v) is 5.32. The third-order valence-corrected chi connectivity index (χ3v) is 3.69. The van der Waals surface area contributed by atoms with Gasteiger partial charge < -0.3 is 5.73 Å². The predicted octanol–water partition coefficient (Wildman–Crippen LogP) is 4.89. The van der Waals surface area contributed by atoms with Crippen molar-refractivity contribution >= 4 is 34.8 Å². The van der Waals surface area contributed by atoms with Gasteiger partial charge in [-0.05, 0) is 35.7 Å². The van der Waals surface area contributed by atoms with Crippen molar-refractivity contribution in [3.8, 4) is 0 Å². The van der Waals surface area contributed by atoms with Gasteiger partial charge >= 0.3 is 0 Å². The standard InChI is InChI=1S/C14H12Cl3N/c15-10-6-5-9(13(17)8-10)7-14(18)11-3-1-2-4-12(11)16/h1-6,8,14H,7,18H2. The summed E-state index contributed by atoms with van der Waals surface area (Å²) in [5.74, 6) is 0. The Kier molecular flexibility index (Phi) is 4.52. The molecule has 1 unspecified atom stereocenters. The number of rotatable bonds is 3. The first-order valence-corrected chi connectivity index (χ1v) is 6.65. The van der Waals surface area contributed by atoms with Crippen LogP contribution in [0.25, 0.3) is 0 Å². The lowest BCUT2D eigenvalue weighted by Gasteiger charge is -2.14. The zero-order chi connectivity index (χ0) is 13.1. The summed E-state index contributed by atoms with van der Waals surface area (Å²) in [4.78, 5) is 0. The zero-order valence-electron chi connectivity index (χ0n) is 9.54. The van der Waals surface area contributed by atoms with Crippen molar-refractivity contribution in [2.75, 3.05) is 0 Å². The maximum Gasteiger partial charge on any atom is 0.0453 e. The lowest BCUT2D eigenvalue weighted by atomic mass is 10.00. The van der Waals surface area contributed by atoms with Gasteiger partial charge in [0.2, 0.25) is 0 Å². The van der Waals surface area contributed by atoms with Crippen LogP contribution in [0.1, 0.15) is 17.2 Å². The maximum absolute atomic E-state index is 6.16. The van der Waals surface area contributed by atoms with Gasteiger partial charge in [-0.2, -0.15) is 0 Å². The highest BCUT2D eigenvalue weighted by Gasteiger charge is 2.12. The third-order valence-electron chi connectivity index (χ3n) is 2.76. The van der Waals surface area contributed by atoms with Crippen molar-refractivity contribution < 1.29 is 0 Å². The van der Waals surface area contributed by atoms with Gasteiger partial charge in [-0.15, -0.1) is 0 Å². The summed E-state index contributed by atoms with van der Waals surface area (Å²) in [5, 5.41) is 1.93. The Labute approximate surface area is 121 Å². The molecule has 0 saturated carbocycles. The van der Waals surface area contributed by atoms with Gasteiger partial charge in [0, 0.05) is 21.1 Å². The summed E-state index contributed by atoms with van der Waals surface area (Å²) in [6.07, 6.45) is 0.625. The van der Waals surface area contributed by atoms with Gasteiger partial charge in [0.1, 0.15) is 0 Å². The smallest absolute Gasteiger partial charge is 0.0453 e. The van der Waals surface area contributed by atoms with Crippen molar-refractivity contribution in [1.82, 2.24) is 0 Å². The van der Waals surface area contributed by atoms with E-state index in [1.54, 1.807) is 6.07 Å². The quantitative estimate of drug-likeness (QED) is 0.858. The highest BCUT2D eigenvalue weighted by Crippen LogP contribution is 2.27. The van der Waals surface area contributed by atoms with Gasteiger partial charge in [0.25, 0.3) is 0 Å². The minimum Gasteiger partial charge on any atom is -0.324 e. The van der Waals surface area contributed by atoms with Gasteiger partial charge in [-0.1, -0.05) is 59.1 Å². The molecule has 18 heavy (non-hydrogen) atoms. The normalized spacial score (nSPS) is 12.4. The molecular formula is C14H12Cl3N. The summed E-state index contributed by atoms with van der Waals surface area (Å²) in [6, 6.07) is 12.8. The minimum atomic E-state index is -0.183. The average Bonchev–Trinajstić information content (AvgIpc) is 2.33. The number of halogens is 3. The maximum atomic E-state index is 6.16. The van der Waals surface area contributed by atoms with Crippen molar-refractivity contribution in [2.24, 2.45) is 5.73 Å². The molecule has 0 bridgehead atoms. The van der Waals surface area contributed by atoms with Crippen LogP contribution in [0.3, 0.4) is 0 Å². The molecule has 0 amide bonds. The molecule has 0 saturated heterocycles. The van der Waals surface area contributed by atoms with Crippen LogP contribution in [0.5, 0.6) is 0 Å². The molecule has 2 aromatic carbocycles. The van der Waals surface area contributed by atoms with Crippen LogP contribution in [0.2, 0.25) is 15.1 Å². The third kappa shape index (κ3) is 3.18. The number of benzene rings is 2. The Balaban J connectivity index is 2.21. The largest absolute Gasteiger partial charge is 0.324 e. The second-order valence-electron chi connectivity index (χ2n) is 4.07. The first kappa shape index (κ1) is 13.7. The second kappa shape index (κ2) is 5.94. The Morgan fingerprint density at radius 1 is 0.944 bits per heavy atom. The Bertz CT molecular complexity index is 554. The van der Waals surface area contributed by atoms with Crippen LogP contribution in [0.4, 0.5) is 0 Å². The molecule has 2 N–H and O–H groups in total. The molecular weight excluding hydrogens is 289 g/mol. The summed E-state index contributed by atoms with van der Waals surface area (Å²) in [5.41, 5.74) is 8.05. The van der Waals surface area contributed by atoms with Crippen LogP contribution in [0, 0.1) is 0 Å². The van der Waals surface area contributed by atoms with Crippen molar-refractivity contribution in [1.29, 1.82) is 0 Å². The predicted molar refractivity (Wildman–Crippen MR) is 78.5 cm³/mol. The van der Waals surface area contributed by atoms with Gasteiger partial charge in [0.15, 0.2) is 0 Å². The number of hydrogen-bond donors (Lipinski definition) is 1.